The molecule has 112 valence electrons. The monoisotopic (exact) mass is 306 g/mol. The zero-order valence-corrected chi connectivity index (χ0v) is 12.8. The van der Waals surface area contributed by atoms with Crippen molar-refractivity contribution in [1.82, 2.24) is 20.0 Å². The number of sulfonamides is 1. The van der Waals surface area contributed by atoms with Gasteiger partial charge in [0.15, 0.2) is 0 Å². The number of nitrogens with zero attached hydrogens (tertiary/aromatic N) is 2. The Labute approximate surface area is 124 Å². The van der Waals surface area contributed by atoms with Crippen LogP contribution < -0.4 is 10.0 Å². The molecule has 1 aromatic heterocycles. The molecular formula is C14H18N4O2S. The molecule has 0 aliphatic carbocycles. The van der Waals surface area contributed by atoms with Gasteiger partial charge in [-0.2, -0.15) is 0 Å². The fourth-order valence-electron chi connectivity index (χ4n) is 1.88. The predicted octanol–water partition coefficient (Wildman–Crippen LogP) is 0.983. The Bertz CT molecular complexity index is 716. The Morgan fingerprint density at radius 3 is 2.71 bits per heavy atom. The summed E-state index contributed by atoms with van der Waals surface area (Å²) in [5.41, 5.74) is 1.55. The molecule has 6 nitrogen and oxygen atoms in total. The molecule has 21 heavy (non-hydrogen) atoms. The predicted molar refractivity (Wildman–Crippen MR) is 80.0 cm³/mol. The molecule has 0 spiro atoms. The molecule has 0 atom stereocenters. The number of rotatable bonds is 6. The maximum atomic E-state index is 12.3. The summed E-state index contributed by atoms with van der Waals surface area (Å²) in [5.74, 6) is 0.614. The van der Waals surface area contributed by atoms with Gasteiger partial charge in [0.05, 0.1) is 17.1 Å². The maximum Gasteiger partial charge on any atom is 0.240 e. The Morgan fingerprint density at radius 2 is 2.00 bits per heavy atom. The number of benzene rings is 1. The van der Waals surface area contributed by atoms with E-state index in [4.69, 9.17) is 0 Å². The summed E-state index contributed by atoms with van der Waals surface area (Å²) >= 11 is 0. The van der Waals surface area contributed by atoms with Crippen LogP contribution in [0.5, 0.6) is 0 Å². The van der Waals surface area contributed by atoms with Crippen molar-refractivity contribution in [3.05, 3.63) is 53.6 Å². The largest absolute Gasteiger partial charge is 0.316 e. The van der Waals surface area contributed by atoms with E-state index in [2.05, 4.69) is 20.0 Å². The van der Waals surface area contributed by atoms with Crippen LogP contribution in [0.2, 0.25) is 0 Å². The fourth-order valence-corrected chi connectivity index (χ4v) is 2.95. The standard InChI is InChI=1S/C14H18N4O2S/c1-11-16-7-6-13(18-11)10-17-21(19,20)14-5-3-4-12(8-14)9-15-2/h3-8,15,17H,9-10H2,1-2H3. The minimum atomic E-state index is -3.55. The molecule has 0 saturated heterocycles. The smallest absolute Gasteiger partial charge is 0.240 e. The van der Waals surface area contributed by atoms with Gasteiger partial charge in [0.25, 0.3) is 0 Å². The van der Waals surface area contributed by atoms with Crippen molar-refractivity contribution in [2.45, 2.75) is 24.9 Å². The van der Waals surface area contributed by atoms with Crippen LogP contribution in [-0.2, 0) is 23.1 Å². The second kappa shape index (κ2) is 6.75. The van der Waals surface area contributed by atoms with Gasteiger partial charge < -0.3 is 5.32 Å². The molecule has 0 fully saturated rings. The first-order valence-electron chi connectivity index (χ1n) is 6.53. The SMILES string of the molecule is CNCc1cccc(S(=O)(=O)NCc2ccnc(C)n2)c1. The van der Waals surface area contributed by atoms with Crippen LogP contribution in [0, 0.1) is 6.92 Å². The summed E-state index contributed by atoms with van der Waals surface area (Å²) in [6, 6.07) is 8.53. The highest BCUT2D eigenvalue weighted by molar-refractivity contribution is 7.89. The molecule has 0 radical (unpaired) electrons. The van der Waals surface area contributed by atoms with E-state index in [-0.39, 0.29) is 11.4 Å². The fraction of sp³-hybridized carbons (Fsp3) is 0.286. The number of aryl methyl sites for hydroxylation is 1. The van der Waals surface area contributed by atoms with E-state index in [1.165, 1.54) is 0 Å². The first-order chi connectivity index (χ1) is 10.0. The first kappa shape index (κ1) is 15.6. The third-order valence-electron chi connectivity index (χ3n) is 2.87. The highest BCUT2D eigenvalue weighted by Gasteiger charge is 2.14. The molecule has 0 saturated carbocycles. The lowest BCUT2D eigenvalue weighted by Crippen LogP contribution is -2.24. The van der Waals surface area contributed by atoms with Crippen molar-refractivity contribution < 1.29 is 8.42 Å². The lowest BCUT2D eigenvalue weighted by atomic mass is 10.2. The third kappa shape index (κ3) is 4.32. The Balaban J connectivity index is 2.13. The first-order valence-corrected chi connectivity index (χ1v) is 8.01. The quantitative estimate of drug-likeness (QED) is 0.831. The molecular weight excluding hydrogens is 288 g/mol. The molecule has 0 amide bonds. The van der Waals surface area contributed by atoms with E-state index >= 15 is 0 Å². The van der Waals surface area contributed by atoms with E-state index in [1.807, 2.05) is 13.1 Å². The van der Waals surface area contributed by atoms with E-state index in [0.29, 0.717) is 18.1 Å². The summed E-state index contributed by atoms with van der Waals surface area (Å²) in [4.78, 5) is 8.40. The number of aromatic nitrogens is 2. The molecule has 1 heterocycles. The van der Waals surface area contributed by atoms with Gasteiger partial charge in [-0.3, -0.25) is 0 Å². The maximum absolute atomic E-state index is 12.3. The Hall–Kier alpha value is -1.83. The summed E-state index contributed by atoms with van der Waals surface area (Å²) in [5, 5.41) is 2.99. The summed E-state index contributed by atoms with van der Waals surface area (Å²) in [6.07, 6.45) is 1.61. The molecule has 2 rings (SSSR count). The van der Waals surface area contributed by atoms with Gasteiger partial charge in [0.2, 0.25) is 10.0 Å². The van der Waals surface area contributed by atoms with Crippen LogP contribution in [0.4, 0.5) is 0 Å². The van der Waals surface area contributed by atoms with E-state index in [9.17, 15) is 8.42 Å². The molecule has 0 bridgehead atoms. The lowest BCUT2D eigenvalue weighted by molar-refractivity contribution is 0.580. The van der Waals surface area contributed by atoms with E-state index in [1.54, 1.807) is 37.4 Å². The van der Waals surface area contributed by atoms with E-state index in [0.717, 1.165) is 5.56 Å². The Morgan fingerprint density at radius 1 is 1.19 bits per heavy atom. The minimum Gasteiger partial charge on any atom is -0.316 e. The molecule has 0 aliphatic rings. The van der Waals surface area contributed by atoms with Gasteiger partial charge in [0.1, 0.15) is 5.82 Å². The van der Waals surface area contributed by atoms with Crippen molar-refractivity contribution in [2.75, 3.05) is 7.05 Å². The topological polar surface area (TPSA) is 84.0 Å². The lowest BCUT2D eigenvalue weighted by Gasteiger charge is -2.08. The molecule has 2 aromatic rings. The van der Waals surface area contributed by atoms with Crippen LogP contribution in [0.3, 0.4) is 0 Å². The van der Waals surface area contributed by atoms with Crippen LogP contribution in [0.25, 0.3) is 0 Å². The highest BCUT2D eigenvalue weighted by Crippen LogP contribution is 2.12. The van der Waals surface area contributed by atoms with Crippen molar-refractivity contribution >= 4 is 10.0 Å². The average molecular weight is 306 g/mol. The third-order valence-corrected chi connectivity index (χ3v) is 4.27. The van der Waals surface area contributed by atoms with Crippen molar-refractivity contribution in [3.8, 4) is 0 Å². The summed E-state index contributed by atoms with van der Waals surface area (Å²) in [7, 11) is -1.73. The van der Waals surface area contributed by atoms with Gasteiger partial charge in [-0.25, -0.2) is 23.1 Å². The second-order valence-electron chi connectivity index (χ2n) is 4.60. The van der Waals surface area contributed by atoms with Gasteiger partial charge >= 0.3 is 0 Å². The van der Waals surface area contributed by atoms with Crippen LogP contribution >= 0.6 is 0 Å². The molecule has 1 aromatic carbocycles. The number of hydrogen-bond donors (Lipinski definition) is 2. The van der Waals surface area contributed by atoms with Gasteiger partial charge in [-0.15, -0.1) is 0 Å². The minimum absolute atomic E-state index is 0.141. The summed E-state index contributed by atoms with van der Waals surface area (Å²) in [6.45, 7) is 2.52. The average Bonchev–Trinajstić information content (AvgIpc) is 2.46. The van der Waals surface area contributed by atoms with Crippen LogP contribution in [0.1, 0.15) is 17.1 Å². The summed E-state index contributed by atoms with van der Waals surface area (Å²) < 4.78 is 27.1. The van der Waals surface area contributed by atoms with Crippen molar-refractivity contribution in [3.63, 3.8) is 0 Å². The van der Waals surface area contributed by atoms with Crippen LogP contribution in [0.15, 0.2) is 41.4 Å². The van der Waals surface area contributed by atoms with Gasteiger partial charge in [-0.1, -0.05) is 12.1 Å². The highest BCUT2D eigenvalue weighted by atomic mass is 32.2. The molecule has 7 heteroatoms. The zero-order valence-electron chi connectivity index (χ0n) is 12.0. The number of nitrogens with one attached hydrogen (secondary N) is 2. The molecule has 0 aliphatic heterocycles. The normalized spacial score (nSPS) is 11.5. The molecule has 2 N–H and O–H groups in total. The van der Waals surface area contributed by atoms with Gasteiger partial charge in [0, 0.05) is 12.7 Å². The molecule has 0 unspecified atom stereocenters. The Kier molecular flexibility index (Phi) is 5.00. The number of hydrogen-bond acceptors (Lipinski definition) is 5. The van der Waals surface area contributed by atoms with Gasteiger partial charge in [-0.05, 0) is 37.7 Å². The second-order valence-corrected chi connectivity index (χ2v) is 6.36. The zero-order chi connectivity index (χ0) is 15.3. The van der Waals surface area contributed by atoms with Crippen molar-refractivity contribution in [1.29, 1.82) is 0 Å². The van der Waals surface area contributed by atoms with Crippen molar-refractivity contribution in [2.24, 2.45) is 0 Å². The van der Waals surface area contributed by atoms with E-state index < -0.39 is 10.0 Å². The van der Waals surface area contributed by atoms with Crippen LogP contribution in [-0.4, -0.2) is 25.4 Å².